The molecule has 7 atom stereocenters. The van der Waals surface area contributed by atoms with Crippen molar-refractivity contribution in [1.82, 2.24) is 19.8 Å². The first kappa shape index (κ1) is 34.9. The second-order valence-electron chi connectivity index (χ2n) is 10.9. The van der Waals surface area contributed by atoms with Crippen LogP contribution in [0.15, 0.2) is 43.0 Å². The normalized spacial score (nSPS) is 26.9. The summed E-state index contributed by atoms with van der Waals surface area (Å²) in [5.74, 6) is 0.742. The first-order valence-corrected chi connectivity index (χ1v) is 17.4. The molecule has 1 saturated heterocycles. The zero-order valence-electron chi connectivity index (χ0n) is 25.6. The average Bonchev–Trinajstić information content (AvgIpc) is 3.81. The molecule has 0 spiro atoms. The summed E-state index contributed by atoms with van der Waals surface area (Å²) in [4.78, 5) is 75.4. The first-order valence-electron chi connectivity index (χ1n) is 14.9. The van der Waals surface area contributed by atoms with Crippen molar-refractivity contribution in [2.75, 3.05) is 37.9 Å². The number of carbonyl (C=O) groups is 3. The number of nitrogens with zero attached hydrogens (tertiary/aromatic N) is 7. The Morgan fingerprint density at radius 1 is 1.06 bits per heavy atom. The van der Waals surface area contributed by atoms with Gasteiger partial charge in [-0.25, -0.2) is 19.4 Å². The van der Waals surface area contributed by atoms with Crippen molar-refractivity contribution in [2.24, 2.45) is 21.0 Å². The van der Waals surface area contributed by atoms with Crippen molar-refractivity contribution in [2.45, 2.75) is 56.4 Å². The fourth-order valence-electron chi connectivity index (χ4n) is 5.33. The van der Waals surface area contributed by atoms with E-state index in [1.54, 1.807) is 6.34 Å². The van der Waals surface area contributed by atoms with Crippen LogP contribution in [0.25, 0.3) is 10.4 Å². The largest absolute Gasteiger partial charge is 0.508 e. The maximum absolute atomic E-state index is 12.2. The first-order chi connectivity index (χ1) is 23.2. The highest BCUT2D eigenvalue weighted by atomic mass is 33.1. The molecule has 2 N–H and O–H groups in total. The molecule has 48 heavy (non-hydrogen) atoms. The van der Waals surface area contributed by atoms with Gasteiger partial charge in [0.25, 0.3) is 11.5 Å². The Bertz CT molecular complexity index is 1610. The molecule has 1 aromatic heterocycles. The Balaban J connectivity index is 0.888. The zero-order valence-corrected chi connectivity index (χ0v) is 27.2. The molecule has 0 radical (unpaired) electrons. The van der Waals surface area contributed by atoms with Gasteiger partial charge < -0.3 is 33.9 Å². The van der Waals surface area contributed by atoms with E-state index in [1.165, 1.54) is 45.6 Å². The molecule has 0 saturated carbocycles. The molecule has 4 heterocycles. The Morgan fingerprint density at radius 2 is 1.79 bits per heavy atom. The van der Waals surface area contributed by atoms with Crippen molar-refractivity contribution in [3.63, 3.8) is 0 Å². The van der Waals surface area contributed by atoms with Gasteiger partial charge in [0.2, 0.25) is 0 Å². The van der Waals surface area contributed by atoms with Crippen molar-refractivity contribution in [3.8, 4) is 0 Å². The van der Waals surface area contributed by atoms with Gasteiger partial charge in [-0.05, 0) is 18.9 Å². The number of rotatable bonds is 14. The topological polar surface area (TPSA) is 241 Å². The number of H-pyrrole nitrogens is 1. The number of nitrogens with one attached hydrogen (secondary N) is 2. The number of hydrogen-bond donors (Lipinski definition) is 2. The van der Waals surface area contributed by atoms with Crippen LogP contribution in [0.3, 0.4) is 0 Å². The monoisotopic (exact) mass is 707 g/mol. The number of aromatic nitrogens is 2. The van der Waals surface area contributed by atoms with Gasteiger partial charge >= 0.3 is 18.0 Å². The van der Waals surface area contributed by atoms with E-state index in [1.807, 2.05) is 17.1 Å². The van der Waals surface area contributed by atoms with Crippen LogP contribution in [0.1, 0.15) is 24.6 Å². The fourth-order valence-corrected chi connectivity index (χ4v) is 6.98. The summed E-state index contributed by atoms with van der Waals surface area (Å²) in [7, 11) is 2.83. The maximum Gasteiger partial charge on any atom is 0.508 e. The number of azide groups is 1. The molecule has 21 heteroatoms. The lowest BCUT2D eigenvalue weighted by Crippen LogP contribution is -2.50. The molecule has 4 aliphatic rings. The third-order valence-corrected chi connectivity index (χ3v) is 10.0. The van der Waals surface area contributed by atoms with Gasteiger partial charge in [0.05, 0.1) is 24.8 Å². The van der Waals surface area contributed by atoms with E-state index in [0.717, 1.165) is 0 Å². The van der Waals surface area contributed by atoms with Crippen LogP contribution in [0.5, 0.6) is 0 Å². The van der Waals surface area contributed by atoms with Crippen LogP contribution < -0.4 is 16.6 Å². The summed E-state index contributed by atoms with van der Waals surface area (Å²) in [6.45, 7) is 1.62. The number of aliphatic imine (C=N–C) groups is 2. The molecule has 0 bridgehead atoms. The molecule has 1 aliphatic carbocycles. The van der Waals surface area contributed by atoms with Gasteiger partial charge in [-0.1, -0.05) is 38.9 Å². The SMILES string of the molecule is Cc1cn([C@H]2C[C@H](N=[N+]=[N-])[C@@H](COC(=O)OCCSSCCOC(=O)OC[C@@H]3C=C[C@H](N4C=NC5C(=O)NC=NC54)C3)O2)c(=O)[nH]c1=O. The smallest absolute Gasteiger partial charge is 0.434 e. The predicted molar refractivity (Wildman–Crippen MR) is 173 cm³/mol. The second kappa shape index (κ2) is 16.6. The lowest BCUT2D eigenvalue weighted by molar-refractivity contribution is -0.122. The van der Waals surface area contributed by atoms with Crippen molar-refractivity contribution >= 4 is 52.5 Å². The number of amides is 1. The Labute approximate surface area is 280 Å². The van der Waals surface area contributed by atoms with E-state index in [-0.39, 0.29) is 56.9 Å². The number of aryl methyl sites for hydroxylation is 1. The van der Waals surface area contributed by atoms with E-state index >= 15 is 0 Å². The van der Waals surface area contributed by atoms with E-state index in [2.05, 4.69) is 30.3 Å². The average molecular weight is 708 g/mol. The van der Waals surface area contributed by atoms with Gasteiger partial charge in [0.1, 0.15) is 38.8 Å². The quantitative estimate of drug-likeness (QED) is 0.0532. The molecule has 1 fully saturated rings. The minimum absolute atomic E-state index is 0.000646. The fraction of sp³-hybridized carbons (Fsp3) is 0.593. The van der Waals surface area contributed by atoms with E-state index < -0.39 is 48.0 Å². The van der Waals surface area contributed by atoms with E-state index in [4.69, 9.17) is 29.2 Å². The number of aromatic amines is 1. The molecule has 2 unspecified atom stereocenters. The zero-order chi connectivity index (χ0) is 34.0. The number of hydrogen-bond acceptors (Lipinski definition) is 16. The molecule has 5 rings (SSSR count). The summed E-state index contributed by atoms with van der Waals surface area (Å²) in [5, 5.41) is 6.23. The second-order valence-corrected chi connectivity index (χ2v) is 13.6. The van der Waals surface area contributed by atoms with Crippen LogP contribution in [-0.4, -0.2) is 114 Å². The van der Waals surface area contributed by atoms with Crippen molar-refractivity contribution in [1.29, 1.82) is 0 Å². The summed E-state index contributed by atoms with van der Waals surface area (Å²) in [5.41, 5.74) is 8.01. The van der Waals surface area contributed by atoms with Crippen molar-refractivity contribution < 1.29 is 38.1 Å². The van der Waals surface area contributed by atoms with Crippen molar-refractivity contribution in [3.05, 3.63) is 55.2 Å². The summed E-state index contributed by atoms with van der Waals surface area (Å²) in [6.07, 6.45) is 5.47. The van der Waals surface area contributed by atoms with Gasteiger partial charge in [0, 0.05) is 40.5 Å². The number of ether oxygens (including phenoxy) is 5. The van der Waals surface area contributed by atoms with Gasteiger partial charge in [0.15, 0.2) is 12.2 Å². The van der Waals surface area contributed by atoms with Crippen LogP contribution >= 0.6 is 21.6 Å². The molecule has 1 aromatic rings. The van der Waals surface area contributed by atoms with E-state index in [0.29, 0.717) is 23.5 Å². The van der Waals surface area contributed by atoms with Crippen LogP contribution in [-0.2, 0) is 28.5 Å². The molecule has 0 aromatic carbocycles. The van der Waals surface area contributed by atoms with Crippen LogP contribution in [0.4, 0.5) is 9.59 Å². The Kier molecular flexibility index (Phi) is 12.0. The lowest BCUT2D eigenvalue weighted by atomic mass is 10.1. The highest BCUT2D eigenvalue weighted by Gasteiger charge is 2.41. The van der Waals surface area contributed by atoms with Gasteiger partial charge in [-0.2, -0.15) is 0 Å². The number of carbonyl (C=O) groups excluding carboxylic acids is 3. The van der Waals surface area contributed by atoms with Crippen LogP contribution in [0.2, 0.25) is 0 Å². The maximum atomic E-state index is 12.2. The van der Waals surface area contributed by atoms with E-state index in [9.17, 15) is 24.0 Å². The highest BCUT2D eigenvalue weighted by molar-refractivity contribution is 8.76. The molecular weight excluding hydrogens is 674 g/mol. The third-order valence-electron chi connectivity index (χ3n) is 7.68. The number of fused-ring (bicyclic) bond motifs is 1. The molecule has 1 amide bonds. The Morgan fingerprint density at radius 3 is 2.52 bits per heavy atom. The lowest BCUT2D eigenvalue weighted by Gasteiger charge is -2.30. The summed E-state index contributed by atoms with van der Waals surface area (Å²) < 4.78 is 27.5. The molecular formula is C27H33N9O10S2. The highest BCUT2D eigenvalue weighted by Crippen LogP contribution is 2.31. The minimum atomic E-state index is -0.938. The molecule has 19 nitrogen and oxygen atoms in total. The standard InChI is InChI=1S/C27H33N9O10S2/c1-15-10-35(25(39)32-23(15)37)20-9-18(33-34-28)19(46-20)12-45-27(41)43-5-7-48-47-6-4-42-26(40)44-11-16-2-3-17(8-16)36-14-31-21-22(36)29-13-30-24(21)38/h2-3,10,13-14,16-22H,4-9,11-12H2,1H3,(H,29,30,38)(H,32,37,39)/t16-,17+,18+,19-,20-,21?,22?/m1/s1. The predicted octanol–water partition coefficient (Wildman–Crippen LogP) is 1.64. The summed E-state index contributed by atoms with van der Waals surface area (Å²) in [6, 6.07) is -1.27. The van der Waals surface area contributed by atoms with Gasteiger partial charge in [-0.3, -0.25) is 24.1 Å². The van der Waals surface area contributed by atoms with Crippen LogP contribution in [0, 0.1) is 12.8 Å². The summed E-state index contributed by atoms with van der Waals surface area (Å²) >= 11 is 0. The Hall–Kier alpha value is -4.46. The molecule has 3 aliphatic heterocycles. The van der Waals surface area contributed by atoms with Gasteiger partial charge in [-0.15, -0.1) is 0 Å². The molecule has 258 valence electrons. The third kappa shape index (κ3) is 8.91. The minimum Gasteiger partial charge on any atom is -0.434 e.